The van der Waals surface area contributed by atoms with Crippen LogP contribution in [0.25, 0.3) is 0 Å². The Morgan fingerprint density at radius 1 is 1.07 bits per heavy atom. The minimum absolute atomic E-state index is 0.0656. The Kier molecular flexibility index (Phi) is 8.58. The van der Waals surface area contributed by atoms with Gasteiger partial charge in [-0.15, -0.1) is 11.8 Å². The first-order valence-electron chi connectivity index (χ1n) is 12.7. The molecule has 216 valence electrons. The minimum atomic E-state index is -1.03. The van der Waals surface area contributed by atoms with E-state index in [1.807, 2.05) is 60.7 Å². The highest BCUT2D eigenvalue weighted by atomic mass is 32.2. The molecule has 0 unspecified atom stereocenters. The van der Waals surface area contributed by atoms with Gasteiger partial charge in [-0.05, 0) is 23.3 Å². The molecule has 0 spiro atoms. The third-order valence-electron chi connectivity index (χ3n) is 6.50. The quantitative estimate of drug-likeness (QED) is 0.156. The number of rotatable bonds is 10. The van der Waals surface area contributed by atoms with Gasteiger partial charge in [0, 0.05) is 11.3 Å². The molecule has 0 aliphatic carbocycles. The number of hydrogen-bond acceptors (Lipinski definition) is 10. The first kappa shape index (κ1) is 28.5. The van der Waals surface area contributed by atoms with Crippen molar-refractivity contribution in [1.82, 2.24) is 10.2 Å². The van der Waals surface area contributed by atoms with Gasteiger partial charge in [0.25, 0.3) is 11.8 Å². The molecule has 1 aromatic heterocycles. The van der Waals surface area contributed by atoms with Crippen molar-refractivity contribution in [2.45, 2.75) is 17.5 Å². The number of amides is 3. The average molecular weight is 591 g/mol. The molecular formula is C29H26N4O8S. The van der Waals surface area contributed by atoms with Crippen molar-refractivity contribution in [2.75, 3.05) is 19.5 Å². The molecule has 0 radical (unpaired) electrons. The summed E-state index contributed by atoms with van der Waals surface area (Å²) in [5.41, 5.74) is 6.73. The van der Waals surface area contributed by atoms with Gasteiger partial charge >= 0.3 is 12.1 Å². The van der Waals surface area contributed by atoms with Crippen molar-refractivity contribution in [3.63, 3.8) is 0 Å². The van der Waals surface area contributed by atoms with Gasteiger partial charge in [-0.2, -0.15) is 0 Å². The van der Waals surface area contributed by atoms with Crippen LogP contribution in [0.2, 0.25) is 0 Å². The number of nitrogens with zero attached hydrogens (tertiary/aromatic N) is 2. The van der Waals surface area contributed by atoms with Crippen LogP contribution < -0.4 is 11.1 Å². The highest BCUT2D eigenvalue weighted by Crippen LogP contribution is 2.41. The Bertz CT molecular complexity index is 1490. The van der Waals surface area contributed by atoms with E-state index in [0.717, 1.165) is 11.1 Å². The van der Waals surface area contributed by atoms with Gasteiger partial charge < -0.3 is 29.8 Å². The van der Waals surface area contributed by atoms with Crippen LogP contribution >= 0.6 is 11.8 Å². The highest BCUT2D eigenvalue weighted by molar-refractivity contribution is 8.00. The van der Waals surface area contributed by atoms with Crippen molar-refractivity contribution < 1.29 is 37.9 Å². The number of benzene rings is 2. The number of β-lactam (4-membered cyclic amide) rings is 1. The number of hydrogen-bond donors (Lipinski definition) is 2. The monoisotopic (exact) mass is 590 g/mol. The first-order chi connectivity index (χ1) is 20.4. The summed E-state index contributed by atoms with van der Waals surface area (Å²) in [5, 5.41) is 5.74. The number of oxime groups is 1. The Balaban J connectivity index is 1.42. The number of furan rings is 1. The maximum atomic E-state index is 13.8. The molecule has 0 saturated carbocycles. The minimum Gasteiger partial charge on any atom is -0.462 e. The molecule has 3 amide bonds. The molecule has 2 aliphatic rings. The zero-order valence-electron chi connectivity index (χ0n) is 22.3. The Morgan fingerprint density at radius 3 is 2.31 bits per heavy atom. The van der Waals surface area contributed by atoms with Gasteiger partial charge in [0.15, 0.2) is 11.9 Å². The van der Waals surface area contributed by atoms with E-state index in [2.05, 4.69) is 10.5 Å². The number of nitrogens with one attached hydrogen (secondary N) is 1. The summed E-state index contributed by atoms with van der Waals surface area (Å²) in [6, 6.07) is 20.4. The molecule has 3 N–H and O–H groups in total. The number of esters is 1. The second kappa shape index (κ2) is 12.6. The van der Waals surface area contributed by atoms with Crippen LogP contribution in [0.4, 0.5) is 4.79 Å². The number of carbonyl (C=O) groups excluding carboxylic acids is 4. The van der Waals surface area contributed by atoms with Gasteiger partial charge in [-0.1, -0.05) is 65.8 Å². The summed E-state index contributed by atoms with van der Waals surface area (Å²) in [5.74, 6) is -1.70. The summed E-state index contributed by atoms with van der Waals surface area (Å²) in [7, 11) is 1.28. The zero-order valence-corrected chi connectivity index (χ0v) is 23.1. The lowest BCUT2D eigenvalue weighted by atomic mass is 10.0. The third kappa shape index (κ3) is 5.86. The van der Waals surface area contributed by atoms with Crippen LogP contribution in [0.5, 0.6) is 0 Å². The molecule has 12 nitrogen and oxygen atoms in total. The molecule has 0 bridgehead atoms. The third-order valence-corrected chi connectivity index (χ3v) is 7.84. The molecule has 5 rings (SSSR count). The first-order valence-corrected chi connectivity index (χ1v) is 13.8. The van der Waals surface area contributed by atoms with Crippen molar-refractivity contribution in [1.29, 1.82) is 0 Å². The normalized spacial score (nSPS) is 18.2. The van der Waals surface area contributed by atoms with E-state index in [1.54, 1.807) is 6.07 Å². The Morgan fingerprint density at radius 2 is 1.74 bits per heavy atom. The Hall–Kier alpha value is -5.04. The van der Waals surface area contributed by atoms with Gasteiger partial charge in [0.05, 0.1) is 6.26 Å². The van der Waals surface area contributed by atoms with Gasteiger partial charge in [-0.25, -0.2) is 9.59 Å². The predicted octanol–water partition coefficient (Wildman–Crippen LogP) is 2.71. The van der Waals surface area contributed by atoms with Crippen LogP contribution in [0.3, 0.4) is 0 Å². The maximum Gasteiger partial charge on any atom is 0.404 e. The fourth-order valence-corrected chi connectivity index (χ4v) is 5.93. The van der Waals surface area contributed by atoms with E-state index in [4.69, 9.17) is 24.5 Å². The smallest absolute Gasteiger partial charge is 0.404 e. The second-order valence-corrected chi connectivity index (χ2v) is 10.2. The Labute approximate surface area is 244 Å². The van der Waals surface area contributed by atoms with E-state index in [1.165, 1.54) is 36.1 Å². The van der Waals surface area contributed by atoms with Crippen LogP contribution in [-0.4, -0.2) is 65.4 Å². The highest BCUT2D eigenvalue weighted by Gasteiger charge is 2.55. The molecule has 13 heteroatoms. The average Bonchev–Trinajstić information content (AvgIpc) is 3.55. The van der Waals surface area contributed by atoms with Crippen molar-refractivity contribution in [2.24, 2.45) is 10.9 Å². The summed E-state index contributed by atoms with van der Waals surface area (Å²) >= 11 is 1.28. The molecule has 1 saturated heterocycles. The maximum absolute atomic E-state index is 13.8. The lowest BCUT2D eigenvalue weighted by Crippen LogP contribution is -2.71. The van der Waals surface area contributed by atoms with E-state index in [-0.39, 0.29) is 29.5 Å². The van der Waals surface area contributed by atoms with Gasteiger partial charge in [0.2, 0.25) is 5.71 Å². The predicted molar refractivity (Wildman–Crippen MR) is 151 cm³/mol. The van der Waals surface area contributed by atoms with Crippen LogP contribution in [0, 0.1) is 0 Å². The number of nitrogens with two attached hydrogens (primary N) is 1. The molecule has 1 fully saturated rings. The summed E-state index contributed by atoms with van der Waals surface area (Å²) in [4.78, 5) is 57.7. The second-order valence-electron chi connectivity index (χ2n) is 9.13. The number of fused-ring (bicyclic) bond motifs is 1. The SMILES string of the molecule is CON=C(C(=O)N[C@@H]1C(=O)N2C(C(=O)OC(c3ccccc3)c3ccccc3)=C(COC(N)=O)CS[C@H]12)c1ccco1. The molecule has 3 aromatic rings. The fourth-order valence-electron chi connectivity index (χ4n) is 4.60. The zero-order chi connectivity index (χ0) is 29.6. The van der Waals surface area contributed by atoms with E-state index >= 15 is 0 Å². The molecule has 42 heavy (non-hydrogen) atoms. The van der Waals surface area contributed by atoms with Gasteiger partial charge in [-0.3, -0.25) is 14.5 Å². The topological polar surface area (TPSA) is 163 Å². The molecule has 2 atom stereocenters. The van der Waals surface area contributed by atoms with Crippen molar-refractivity contribution in [3.8, 4) is 0 Å². The van der Waals surface area contributed by atoms with E-state index < -0.39 is 41.4 Å². The van der Waals surface area contributed by atoms with Gasteiger partial charge in [0.1, 0.15) is 30.8 Å². The number of primary amides is 1. The number of thioether (sulfide) groups is 1. The summed E-state index contributed by atoms with van der Waals surface area (Å²) in [6.07, 6.45) is -0.444. The number of carbonyl (C=O) groups is 4. The largest absolute Gasteiger partial charge is 0.462 e. The van der Waals surface area contributed by atoms with Crippen LogP contribution in [-0.2, 0) is 28.7 Å². The standard InChI is InChI=1S/C29H26N4O8S/c1-38-32-21(20-13-8-14-39-20)25(34)31-22-26(35)33-23(19(15-40-29(30)37)16-42-27(22)33)28(36)41-24(17-9-4-2-5-10-17)18-11-6-3-7-12-18/h2-14,22,24,27H,15-16H2,1H3,(H2,30,37)(H,31,34)/t22-,27-/m1/s1. The molecule has 2 aromatic carbocycles. The lowest BCUT2D eigenvalue weighted by molar-refractivity contribution is -0.154. The molecule has 3 heterocycles. The van der Waals surface area contributed by atoms with Crippen molar-refractivity contribution >= 4 is 41.4 Å². The fraction of sp³-hybridized carbons (Fsp3) is 0.207. The summed E-state index contributed by atoms with van der Waals surface area (Å²) in [6.45, 7) is -0.315. The van der Waals surface area contributed by atoms with Crippen molar-refractivity contribution in [3.05, 3.63) is 107 Å². The van der Waals surface area contributed by atoms with Crippen LogP contribution in [0.15, 0.2) is 99.9 Å². The number of ether oxygens (including phenoxy) is 2. The molecular weight excluding hydrogens is 564 g/mol. The summed E-state index contributed by atoms with van der Waals surface area (Å²) < 4.78 is 16.3. The molecule has 2 aliphatic heterocycles. The lowest BCUT2D eigenvalue weighted by Gasteiger charge is -2.49. The van der Waals surface area contributed by atoms with Crippen LogP contribution in [0.1, 0.15) is 23.0 Å². The van der Waals surface area contributed by atoms with E-state index in [9.17, 15) is 19.2 Å². The van der Waals surface area contributed by atoms with E-state index in [0.29, 0.717) is 5.57 Å².